The molecule has 0 spiro atoms. The van der Waals surface area contributed by atoms with Crippen molar-refractivity contribution in [2.24, 2.45) is 0 Å². The molecule has 1 amide bonds. The van der Waals surface area contributed by atoms with Gasteiger partial charge in [-0.15, -0.1) is 0 Å². The van der Waals surface area contributed by atoms with Gasteiger partial charge < -0.3 is 19.2 Å². The maximum Gasteiger partial charge on any atom is 0.364 e. The molecule has 4 rings (SSSR count). The third-order valence-electron chi connectivity index (χ3n) is 8.07. The molecule has 1 N–H and O–H groups in total. The van der Waals surface area contributed by atoms with Gasteiger partial charge in [0, 0.05) is 31.1 Å². The number of allylic oxidation sites excluding steroid dienone is 5. The summed E-state index contributed by atoms with van der Waals surface area (Å²) in [6, 6.07) is 6.76. The first-order valence-electron chi connectivity index (χ1n) is 16.6. The summed E-state index contributed by atoms with van der Waals surface area (Å²) in [5.41, 5.74) is 5.01. The maximum atomic E-state index is 13.3. The Bertz CT molecular complexity index is 1320. The molecular weight excluding hydrogens is 598 g/mol. The van der Waals surface area contributed by atoms with Gasteiger partial charge in [0.1, 0.15) is 11.5 Å². The summed E-state index contributed by atoms with van der Waals surface area (Å²) < 4.78 is 11.0. The van der Waals surface area contributed by atoms with Crippen molar-refractivity contribution >= 4 is 23.0 Å². The van der Waals surface area contributed by atoms with Gasteiger partial charge in [-0.2, -0.15) is 0 Å². The number of thioether (sulfide) groups is 1. The summed E-state index contributed by atoms with van der Waals surface area (Å²) in [6.07, 6.45) is 19.9. The number of aromatic nitrogens is 1. The summed E-state index contributed by atoms with van der Waals surface area (Å²) in [4.78, 5) is 31.3. The van der Waals surface area contributed by atoms with Crippen LogP contribution in [0.25, 0.3) is 0 Å². The molecule has 2 aliphatic rings. The molecular formula is C37H55N3O5S. The number of carbonyl (C=O) groups excluding carboxylic acids is 1. The van der Waals surface area contributed by atoms with Gasteiger partial charge >= 0.3 is 5.30 Å². The van der Waals surface area contributed by atoms with Crippen LogP contribution in [0, 0.1) is 13.8 Å². The molecule has 0 bridgehead atoms. The van der Waals surface area contributed by atoms with E-state index in [4.69, 9.17) is 14.3 Å². The van der Waals surface area contributed by atoms with Gasteiger partial charge in [0.15, 0.2) is 5.89 Å². The quantitative estimate of drug-likeness (QED) is 0.227. The number of aryl methyl sites for hydroxylation is 3. The fraction of sp³-hybridized carbons (Fsp3) is 0.541. The smallest absolute Gasteiger partial charge is 0.364 e. The van der Waals surface area contributed by atoms with Crippen LogP contribution < -0.4 is 4.74 Å². The summed E-state index contributed by atoms with van der Waals surface area (Å²) >= 11 is 0.796. The maximum absolute atomic E-state index is 13.3. The monoisotopic (exact) mass is 653 g/mol. The number of benzene rings is 1. The number of carboxylic acid groups (broad SMARTS) is 1. The lowest BCUT2D eigenvalue weighted by atomic mass is 10.1. The molecule has 0 aliphatic carbocycles. The molecule has 1 aromatic heterocycles. The van der Waals surface area contributed by atoms with Crippen LogP contribution in [0.1, 0.15) is 89.0 Å². The second-order valence-electron chi connectivity index (χ2n) is 11.7. The summed E-state index contributed by atoms with van der Waals surface area (Å²) in [5.74, 6) is 2.93. The molecule has 46 heavy (non-hydrogen) atoms. The first kappa shape index (κ1) is 38.9. The number of hydrogen-bond acceptors (Lipinski definition) is 7. The van der Waals surface area contributed by atoms with E-state index in [2.05, 4.69) is 74.0 Å². The summed E-state index contributed by atoms with van der Waals surface area (Å²) in [6.45, 7) is 15.6. The van der Waals surface area contributed by atoms with Crippen LogP contribution in [0.5, 0.6) is 5.75 Å². The molecule has 0 radical (unpaired) electrons. The third-order valence-corrected chi connectivity index (χ3v) is 8.42. The van der Waals surface area contributed by atoms with E-state index in [0.29, 0.717) is 12.6 Å². The van der Waals surface area contributed by atoms with Gasteiger partial charge in [-0.1, -0.05) is 61.8 Å². The van der Waals surface area contributed by atoms with Crippen LogP contribution in [0.2, 0.25) is 0 Å². The number of likely N-dealkylation sites (tertiary alicyclic amines) is 1. The Kier molecular flexibility index (Phi) is 18.2. The molecule has 1 atom stereocenters. The SMILES string of the molecule is CSC(=O)O.C\C=C(/C=C\C=C(/C)CC)N(CCCC)C(=O)CN1CCC[C@@H]1CCc1ncc(C)o1.Cc1ccc2c(c1)CCO2. The molecule has 254 valence electrons. The average molecular weight is 654 g/mol. The number of nitrogens with zero attached hydrogens (tertiary/aromatic N) is 3. The van der Waals surface area contributed by atoms with Crippen LogP contribution in [-0.4, -0.2) is 69.6 Å². The highest BCUT2D eigenvalue weighted by Crippen LogP contribution is 2.25. The van der Waals surface area contributed by atoms with Crippen molar-refractivity contribution in [1.29, 1.82) is 0 Å². The molecule has 0 unspecified atom stereocenters. The molecule has 1 fully saturated rings. The van der Waals surface area contributed by atoms with E-state index in [-0.39, 0.29) is 5.91 Å². The van der Waals surface area contributed by atoms with Crippen molar-refractivity contribution in [2.45, 2.75) is 99.0 Å². The highest BCUT2D eigenvalue weighted by Gasteiger charge is 2.28. The first-order chi connectivity index (χ1) is 22.1. The van der Waals surface area contributed by atoms with E-state index in [0.717, 1.165) is 106 Å². The van der Waals surface area contributed by atoms with Gasteiger partial charge in [0.2, 0.25) is 5.91 Å². The third kappa shape index (κ3) is 14.0. The first-order valence-corrected chi connectivity index (χ1v) is 17.8. The van der Waals surface area contributed by atoms with E-state index in [1.807, 2.05) is 24.8 Å². The molecule has 2 aromatic rings. The van der Waals surface area contributed by atoms with Crippen LogP contribution in [-0.2, 0) is 17.6 Å². The number of carbonyl (C=O) groups is 2. The standard InChI is InChI=1S/C26H41N3O2.C9H10O.C2H4O2S/c1-6-9-18-29(23(8-3)13-10-12-21(4)7-2)26(30)20-28-17-11-14-24(28)15-16-25-27-19-22(5)31-25;1-7-2-3-9-8(6-7)4-5-10-9;1-5-2(3)4/h8,10,12-13,19,24H,6-7,9,11,14-18,20H2,1-5H3;2-3,6H,4-5H2,1H3;1H3,(H,3,4)/b13-10-,21-12+,23-8+;;/t24-;;/m1../s1. The normalized spacial score (nSPS) is 16.3. The Morgan fingerprint density at radius 3 is 2.63 bits per heavy atom. The number of unbranched alkanes of at least 4 members (excludes halogenated alkanes) is 1. The Morgan fingerprint density at radius 2 is 2.00 bits per heavy atom. The lowest BCUT2D eigenvalue weighted by Crippen LogP contribution is -2.42. The van der Waals surface area contributed by atoms with Crippen molar-refractivity contribution in [2.75, 3.05) is 32.5 Å². The van der Waals surface area contributed by atoms with Gasteiger partial charge in [-0.25, -0.2) is 9.78 Å². The molecule has 0 saturated carbocycles. The second kappa shape index (κ2) is 21.5. The van der Waals surface area contributed by atoms with Gasteiger partial charge in [-0.3, -0.25) is 9.69 Å². The Labute approximate surface area is 281 Å². The van der Waals surface area contributed by atoms with Crippen molar-refractivity contribution in [3.8, 4) is 5.75 Å². The Morgan fingerprint density at radius 1 is 1.24 bits per heavy atom. The minimum atomic E-state index is -0.829. The lowest BCUT2D eigenvalue weighted by Gasteiger charge is -2.29. The van der Waals surface area contributed by atoms with Crippen molar-refractivity contribution in [1.82, 2.24) is 14.8 Å². The predicted molar refractivity (Wildman–Crippen MR) is 190 cm³/mol. The van der Waals surface area contributed by atoms with Gasteiger partial charge in [0.25, 0.3) is 0 Å². The molecule has 1 saturated heterocycles. The zero-order valence-corrected chi connectivity index (χ0v) is 29.8. The minimum Gasteiger partial charge on any atom is -0.493 e. The van der Waals surface area contributed by atoms with Crippen LogP contribution in [0.15, 0.2) is 64.4 Å². The number of fused-ring (bicyclic) bond motifs is 1. The molecule has 1 aromatic carbocycles. The van der Waals surface area contributed by atoms with E-state index in [1.54, 1.807) is 6.20 Å². The highest BCUT2D eigenvalue weighted by atomic mass is 32.2. The fourth-order valence-electron chi connectivity index (χ4n) is 5.30. The van der Waals surface area contributed by atoms with E-state index in [9.17, 15) is 9.59 Å². The Hall–Kier alpha value is -3.30. The number of rotatable bonds is 12. The van der Waals surface area contributed by atoms with Crippen molar-refractivity contribution < 1.29 is 23.8 Å². The van der Waals surface area contributed by atoms with Crippen LogP contribution >= 0.6 is 11.8 Å². The fourth-order valence-corrected chi connectivity index (χ4v) is 5.30. The topological polar surface area (TPSA) is 96.1 Å². The number of ether oxygens (including phenoxy) is 1. The summed E-state index contributed by atoms with van der Waals surface area (Å²) in [5, 5.41) is 6.86. The van der Waals surface area contributed by atoms with Crippen LogP contribution in [0.3, 0.4) is 0 Å². The molecule has 9 heteroatoms. The Balaban J connectivity index is 0.000000397. The number of hydrogen-bond donors (Lipinski definition) is 1. The predicted octanol–water partition coefficient (Wildman–Crippen LogP) is 8.78. The van der Waals surface area contributed by atoms with Gasteiger partial charge in [-0.05, 0) is 102 Å². The van der Waals surface area contributed by atoms with E-state index in [1.165, 1.54) is 23.0 Å². The zero-order valence-electron chi connectivity index (χ0n) is 29.0. The summed E-state index contributed by atoms with van der Waals surface area (Å²) in [7, 11) is 0. The van der Waals surface area contributed by atoms with E-state index < -0.39 is 5.30 Å². The molecule has 2 aliphatic heterocycles. The second-order valence-corrected chi connectivity index (χ2v) is 12.4. The van der Waals surface area contributed by atoms with Crippen molar-refractivity contribution in [3.63, 3.8) is 0 Å². The van der Waals surface area contributed by atoms with Crippen molar-refractivity contribution in [3.05, 3.63) is 82.7 Å². The molecule has 8 nitrogen and oxygen atoms in total. The minimum absolute atomic E-state index is 0.196. The average Bonchev–Trinajstić information content (AvgIpc) is 3.80. The highest BCUT2D eigenvalue weighted by molar-refractivity contribution is 8.12. The lowest BCUT2D eigenvalue weighted by molar-refractivity contribution is -0.130. The molecule has 3 heterocycles. The van der Waals surface area contributed by atoms with Gasteiger partial charge in [0.05, 0.1) is 19.3 Å². The largest absolute Gasteiger partial charge is 0.493 e. The van der Waals surface area contributed by atoms with E-state index >= 15 is 0 Å². The zero-order chi connectivity index (χ0) is 33.9. The number of oxazole rings is 1. The van der Waals surface area contributed by atoms with Crippen LogP contribution in [0.4, 0.5) is 4.79 Å². The number of amides is 1.